The van der Waals surface area contributed by atoms with Gasteiger partial charge < -0.3 is 15.4 Å². The first-order valence-corrected chi connectivity index (χ1v) is 7.48. The summed E-state index contributed by atoms with van der Waals surface area (Å²) in [5.41, 5.74) is 3.28. The van der Waals surface area contributed by atoms with Gasteiger partial charge in [0.2, 0.25) is 5.91 Å². The van der Waals surface area contributed by atoms with Gasteiger partial charge in [0, 0.05) is 5.69 Å². The van der Waals surface area contributed by atoms with E-state index in [2.05, 4.69) is 10.6 Å². The first kappa shape index (κ1) is 15.1. The molecular formula is C18H18N2O3. The van der Waals surface area contributed by atoms with Gasteiger partial charge in [0.1, 0.15) is 5.75 Å². The Bertz CT molecular complexity index is 771. The zero-order valence-electron chi connectivity index (χ0n) is 13.1. The van der Waals surface area contributed by atoms with Crippen molar-refractivity contribution >= 4 is 23.2 Å². The quantitative estimate of drug-likeness (QED) is 0.916. The van der Waals surface area contributed by atoms with Crippen molar-refractivity contribution in [1.29, 1.82) is 0 Å². The van der Waals surface area contributed by atoms with Gasteiger partial charge in [0.05, 0.1) is 12.1 Å². The molecule has 0 saturated heterocycles. The van der Waals surface area contributed by atoms with Crippen molar-refractivity contribution in [3.8, 4) is 5.75 Å². The Morgan fingerprint density at radius 3 is 2.87 bits per heavy atom. The second kappa shape index (κ2) is 6.12. The van der Waals surface area contributed by atoms with E-state index in [-0.39, 0.29) is 18.2 Å². The fraction of sp³-hybridized carbons (Fsp3) is 0.222. The Labute approximate surface area is 134 Å². The van der Waals surface area contributed by atoms with E-state index in [4.69, 9.17) is 4.74 Å². The third-order valence-corrected chi connectivity index (χ3v) is 3.64. The summed E-state index contributed by atoms with van der Waals surface area (Å²) in [5.74, 6) is 0.339. The van der Waals surface area contributed by atoms with Gasteiger partial charge in [0.15, 0.2) is 6.10 Å². The fourth-order valence-corrected chi connectivity index (χ4v) is 2.48. The lowest BCUT2D eigenvalue weighted by molar-refractivity contribution is -0.122. The molecule has 5 nitrogen and oxygen atoms in total. The van der Waals surface area contributed by atoms with Gasteiger partial charge in [0.25, 0.3) is 5.91 Å². The lowest BCUT2D eigenvalue weighted by Gasteiger charge is -2.23. The number of hydrogen-bond acceptors (Lipinski definition) is 3. The molecule has 1 heterocycles. The average molecular weight is 310 g/mol. The molecule has 1 aliphatic heterocycles. The molecule has 2 N–H and O–H groups in total. The van der Waals surface area contributed by atoms with Crippen LogP contribution in [-0.2, 0) is 16.0 Å². The van der Waals surface area contributed by atoms with Gasteiger partial charge in [-0.15, -0.1) is 0 Å². The topological polar surface area (TPSA) is 67.4 Å². The largest absolute Gasteiger partial charge is 0.479 e. The third kappa shape index (κ3) is 3.51. The van der Waals surface area contributed by atoms with E-state index in [0.29, 0.717) is 11.4 Å². The van der Waals surface area contributed by atoms with E-state index in [1.54, 1.807) is 19.1 Å². The van der Waals surface area contributed by atoms with Crippen LogP contribution in [0.2, 0.25) is 0 Å². The predicted molar refractivity (Wildman–Crippen MR) is 88.7 cm³/mol. The van der Waals surface area contributed by atoms with Crippen molar-refractivity contribution < 1.29 is 14.3 Å². The lowest BCUT2D eigenvalue weighted by Crippen LogP contribution is -2.34. The number of rotatable bonds is 3. The molecule has 3 rings (SSSR count). The van der Waals surface area contributed by atoms with Gasteiger partial charge >= 0.3 is 0 Å². The molecule has 0 aromatic heterocycles. The van der Waals surface area contributed by atoms with Crippen molar-refractivity contribution in [3.05, 3.63) is 53.6 Å². The number of aryl methyl sites for hydroxylation is 1. The molecule has 1 unspecified atom stereocenters. The van der Waals surface area contributed by atoms with Crippen LogP contribution in [0, 0.1) is 6.92 Å². The summed E-state index contributed by atoms with van der Waals surface area (Å²) < 4.78 is 5.50. The van der Waals surface area contributed by atoms with E-state index in [1.807, 2.05) is 37.3 Å². The Balaban J connectivity index is 1.70. The highest BCUT2D eigenvalue weighted by molar-refractivity contribution is 5.98. The standard InChI is InChI=1S/C18H18N2O3/c1-11-4-3-5-14(8-11)19-17(21)10-13-6-7-16-15(9-13)20-18(22)12(2)23-16/h3-9,12H,10H2,1-2H3,(H,19,21)(H,20,22). The molecule has 0 fully saturated rings. The van der Waals surface area contributed by atoms with Gasteiger partial charge in [-0.3, -0.25) is 9.59 Å². The molecule has 0 bridgehead atoms. The van der Waals surface area contributed by atoms with Crippen LogP contribution in [0.3, 0.4) is 0 Å². The molecule has 5 heteroatoms. The van der Waals surface area contributed by atoms with Gasteiger partial charge in [-0.1, -0.05) is 18.2 Å². The molecule has 118 valence electrons. The molecule has 2 aromatic rings. The number of fused-ring (bicyclic) bond motifs is 1. The lowest BCUT2D eigenvalue weighted by atomic mass is 10.1. The van der Waals surface area contributed by atoms with E-state index >= 15 is 0 Å². The van der Waals surface area contributed by atoms with E-state index in [9.17, 15) is 9.59 Å². The number of hydrogen-bond donors (Lipinski definition) is 2. The molecule has 1 atom stereocenters. The first-order chi connectivity index (χ1) is 11.0. The summed E-state index contributed by atoms with van der Waals surface area (Å²) in [6.07, 6.45) is -0.273. The summed E-state index contributed by atoms with van der Waals surface area (Å²) in [6.45, 7) is 3.67. The first-order valence-electron chi connectivity index (χ1n) is 7.48. The van der Waals surface area contributed by atoms with Gasteiger partial charge in [-0.05, 0) is 49.2 Å². The van der Waals surface area contributed by atoms with Crippen LogP contribution in [0.1, 0.15) is 18.1 Å². The molecule has 2 amide bonds. The highest BCUT2D eigenvalue weighted by Crippen LogP contribution is 2.30. The van der Waals surface area contributed by atoms with Crippen molar-refractivity contribution in [2.24, 2.45) is 0 Å². The summed E-state index contributed by atoms with van der Waals surface area (Å²) in [5, 5.41) is 5.65. The molecule has 23 heavy (non-hydrogen) atoms. The zero-order chi connectivity index (χ0) is 16.4. The number of carbonyl (C=O) groups excluding carboxylic acids is 2. The Hall–Kier alpha value is -2.82. The highest BCUT2D eigenvalue weighted by Gasteiger charge is 2.23. The molecule has 0 radical (unpaired) electrons. The van der Waals surface area contributed by atoms with E-state index < -0.39 is 6.10 Å². The van der Waals surface area contributed by atoms with Crippen LogP contribution < -0.4 is 15.4 Å². The molecule has 1 aliphatic rings. The molecular weight excluding hydrogens is 292 g/mol. The Morgan fingerprint density at radius 1 is 1.26 bits per heavy atom. The minimum atomic E-state index is -0.502. The number of nitrogens with one attached hydrogen (secondary N) is 2. The Kier molecular flexibility index (Phi) is 4.02. The number of ether oxygens (including phenoxy) is 1. The highest BCUT2D eigenvalue weighted by atomic mass is 16.5. The summed E-state index contributed by atoms with van der Waals surface area (Å²) >= 11 is 0. The van der Waals surface area contributed by atoms with Crippen LogP contribution in [0.5, 0.6) is 5.75 Å². The Morgan fingerprint density at radius 2 is 2.09 bits per heavy atom. The van der Waals surface area contributed by atoms with Crippen molar-refractivity contribution in [1.82, 2.24) is 0 Å². The SMILES string of the molecule is Cc1cccc(NC(=O)Cc2ccc3c(c2)NC(=O)C(C)O3)c1. The van der Waals surface area contributed by atoms with E-state index in [1.165, 1.54) is 0 Å². The zero-order valence-corrected chi connectivity index (χ0v) is 13.1. The summed E-state index contributed by atoms with van der Waals surface area (Å²) in [4.78, 5) is 23.8. The molecule has 0 saturated carbocycles. The van der Waals surface area contributed by atoms with Crippen LogP contribution in [0.4, 0.5) is 11.4 Å². The normalized spacial score (nSPS) is 16.1. The maximum atomic E-state index is 12.1. The predicted octanol–water partition coefficient (Wildman–Crippen LogP) is 2.90. The van der Waals surface area contributed by atoms with Crippen LogP contribution in [0.15, 0.2) is 42.5 Å². The maximum Gasteiger partial charge on any atom is 0.265 e. The smallest absolute Gasteiger partial charge is 0.265 e. The number of amides is 2. The van der Waals surface area contributed by atoms with Crippen LogP contribution in [-0.4, -0.2) is 17.9 Å². The van der Waals surface area contributed by atoms with Crippen LogP contribution in [0.25, 0.3) is 0 Å². The second-order valence-electron chi connectivity index (χ2n) is 5.67. The summed E-state index contributed by atoms with van der Waals surface area (Å²) in [7, 11) is 0. The average Bonchev–Trinajstić information content (AvgIpc) is 2.48. The number of anilines is 2. The minimum absolute atomic E-state index is 0.105. The van der Waals surface area contributed by atoms with Crippen molar-refractivity contribution in [2.75, 3.05) is 10.6 Å². The molecule has 0 aliphatic carbocycles. The summed E-state index contributed by atoms with van der Waals surface area (Å²) in [6, 6.07) is 13.0. The number of carbonyl (C=O) groups is 2. The van der Waals surface area contributed by atoms with Crippen molar-refractivity contribution in [2.45, 2.75) is 26.4 Å². The minimum Gasteiger partial charge on any atom is -0.479 e. The van der Waals surface area contributed by atoms with E-state index in [0.717, 1.165) is 16.8 Å². The molecule has 2 aromatic carbocycles. The van der Waals surface area contributed by atoms with Gasteiger partial charge in [-0.2, -0.15) is 0 Å². The molecule has 0 spiro atoms. The van der Waals surface area contributed by atoms with Crippen molar-refractivity contribution in [3.63, 3.8) is 0 Å². The van der Waals surface area contributed by atoms with Gasteiger partial charge in [-0.25, -0.2) is 0 Å². The third-order valence-electron chi connectivity index (χ3n) is 3.64. The number of benzene rings is 2. The fourth-order valence-electron chi connectivity index (χ4n) is 2.48. The second-order valence-corrected chi connectivity index (χ2v) is 5.67. The maximum absolute atomic E-state index is 12.1. The van der Waals surface area contributed by atoms with Crippen LogP contribution >= 0.6 is 0 Å². The monoisotopic (exact) mass is 310 g/mol.